The fourth-order valence-corrected chi connectivity index (χ4v) is 8.27. The average Bonchev–Trinajstić information content (AvgIpc) is 3.11. The number of hydrogen-bond acceptors (Lipinski definition) is 1. The highest BCUT2D eigenvalue weighted by Gasteiger charge is 2.25. The van der Waals surface area contributed by atoms with Crippen LogP contribution in [0.1, 0.15) is 298 Å². The molecule has 0 aliphatic rings. The molecule has 0 rings (SSSR count). The molecular formula is C49H101N. The summed E-state index contributed by atoms with van der Waals surface area (Å²) in [7, 11) is 0. The molecule has 302 valence electrons. The molecule has 0 aromatic carbocycles. The highest BCUT2D eigenvalue weighted by Crippen LogP contribution is 2.25. The summed E-state index contributed by atoms with van der Waals surface area (Å²) in [5.74, 6) is 0. The molecule has 0 unspecified atom stereocenters. The summed E-state index contributed by atoms with van der Waals surface area (Å²) < 4.78 is 0. The fraction of sp³-hybridized carbons (Fsp3) is 1.00. The van der Waals surface area contributed by atoms with Crippen LogP contribution in [0.3, 0.4) is 0 Å². The molecule has 1 nitrogen and oxygen atoms in total. The minimum Gasteiger partial charge on any atom is -0.298 e. The Morgan fingerprint density at radius 2 is 0.420 bits per heavy atom. The summed E-state index contributed by atoms with van der Waals surface area (Å²) in [6, 6.07) is 0. The van der Waals surface area contributed by atoms with E-state index in [1.165, 1.54) is 276 Å². The van der Waals surface area contributed by atoms with Crippen LogP contribution in [0, 0.1) is 0 Å². The zero-order valence-electron chi connectivity index (χ0n) is 36.4. The Labute approximate surface area is 320 Å². The third kappa shape index (κ3) is 37.7. The maximum absolute atomic E-state index is 2.93. The molecule has 0 atom stereocenters. The van der Waals surface area contributed by atoms with Crippen LogP contribution in [0.4, 0.5) is 0 Å². The van der Waals surface area contributed by atoms with E-state index in [2.05, 4.69) is 39.5 Å². The molecule has 0 radical (unpaired) electrons. The molecule has 0 fully saturated rings. The van der Waals surface area contributed by atoms with E-state index in [1.54, 1.807) is 0 Å². The van der Waals surface area contributed by atoms with Gasteiger partial charge in [-0.1, -0.05) is 265 Å². The zero-order valence-corrected chi connectivity index (χ0v) is 36.4. The van der Waals surface area contributed by atoms with E-state index in [0.29, 0.717) is 5.54 Å². The lowest BCUT2D eigenvalue weighted by molar-refractivity contribution is 0.102. The first-order valence-electron chi connectivity index (χ1n) is 24.3. The van der Waals surface area contributed by atoms with Gasteiger partial charge >= 0.3 is 0 Å². The topological polar surface area (TPSA) is 3.24 Å². The Bertz CT molecular complexity index is 560. The van der Waals surface area contributed by atoms with E-state index in [4.69, 9.17) is 0 Å². The second-order valence-corrected chi connectivity index (χ2v) is 17.6. The Morgan fingerprint density at radius 3 is 0.640 bits per heavy atom. The molecular weight excluding hydrogens is 603 g/mol. The van der Waals surface area contributed by atoms with Crippen LogP contribution in [-0.4, -0.2) is 23.5 Å². The predicted octanol–water partition coefficient (Wildman–Crippen LogP) is 18.1. The minimum absolute atomic E-state index is 0.368. The Balaban J connectivity index is 4.11. The van der Waals surface area contributed by atoms with Gasteiger partial charge in [0.15, 0.2) is 0 Å². The molecule has 0 saturated heterocycles. The van der Waals surface area contributed by atoms with Gasteiger partial charge in [0.2, 0.25) is 0 Å². The third-order valence-corrected chi connectivity index (χ3v) is 12.1. The second kappa shape index (κ2) is 41.7. The van der Waals surface area contributed by atoms with E-state index in [9.17, 15) is 0 Å². The van der Waals surface area contributed by atoms with Crippen molar-refractivity contribution in [1.29, 1.82) is 0 Å². The van der Waals surface area contributed by atoms with Crippen LogP contribution in [0.15, 0.2) is 0 Å². The van der Waals surface area contributed by atoms with Crippen molar-refractivity contribution >= 4 is 0 Å². The molecule has 50 heavy (non-hydrogen) atoms. The Morgan fingerprint density at radius 1 is 0.240 bits per heavy atom. The smallest absolute Gasteiger partial charge is 0.0153 e. The van der Waals surface area contributed by atoms with Gasteiger partial charge in [-0.15, -0.1) is 0 Å². The molecule has 0 aromatic heterocycles. The third-order valence-electron chi connectivity index (χ3n) is 12.1. The van der Waals surface area contributed by atoms with Crippen LogP contribution >= 0.6 is 0 Å². The maximum atomic E-state index is 2.93. The molecule has 0 N–H and O–H groups in total. The van der Waals surface area contributed by atoms with Gasteiger partial charge in [-0.2, -0.15) is 0 Å². The highest BCUT2D eigenvalue weighted by molar-refractivity contribution is 4.81. The standard InChI is InChI=1S/C49H101N/c1-6-9-12-15-18-21-23-25-27-29-31-33-35-38-41-44-47-50(49(4,5)46-43-40-37-20-17-14-11-8-3)48-45-42-39-36-34-32-30-28-26-24-22-19-16-13-10-7-2/h6-48H2,1-5H3. The summed E-state index contributed by atoms with van der Waals surface area (Å²) in [5.41, 5.74) is 0.368. The van der Waals surface area contributed by atoms with E-state index < -0.39 is 0 Å². The monoisotopic (exact) mass is 704 g/mol. The lowest BCUT2D eigenvalue weighted by atomic mass is 9.92. The van der Waals surface area contributed by atoms with Crippen LogP contribution < -0.4 is 0 Å². The van der Waals surface area contributed by atoms with Crippen LogP contribution in [0.2, 0.25) is 0 Å². The van der Waals surface area contributed by atoms with Gasteiger partial charge < -0.3 is 0 Å². The molecule has 0 bridgehead atoms. The zero-order chi connectivity index (χ0) is 36.5. The Kier molecular flexibility index (Phi) is 41.7. The molecule has 0 heterocycles. The van der Waals surface area contributed by atoms with Gasteiger partial charge in [0.05, 0.1) is 0 Å². The average molecular weight is 704 g/mol. The summed E-state index contributed by atoms with van der Waals surface area (Å²) in [6.07, 6.45) is 59.7. The molecule has 0 saturated carbocycles. The normalized spacial score (nSPS) is 12.1. The van der Waals surface area contributed by atoms with Crippen molar-refractivity contribution < 1.29 is 0 Å². The summed E-state index contributed by atoms with van der Waals surface area (Å²) in [5, 5.41) is 0. The number of hydrogen-bond donors (Lipinski definition) is 0. The van der Waals surface area contributed by atoms with Gasteiger partial charge in [0, 0.05) is 5.54 Å². The summed E-state index contributed by atoms with van der Waals surface area (Å²) in [4.78, 5) is 2.93. The number of nitrogens with zero attached hydrogens (tertiary/aromatic N) is 1. The maximum Gasteiger partial charge on any atom is 0.0153 e. The van der Waals surface area contributed by atoms with Crippen LogP contribution in [-0.2, 0) is 0 Å². The van der Waals surface area contributed by atoms with Gasteiger partial charge in [0.1, 0.15) is 0 Å². The van der Waals surface area contributed by atoms with Gasteiger partial charge in [0.25, 0.3) is 0 Å². The first kappa shape index (κ1) is 50.0. The molecule has 0 spiro atoms. The van der Waals surface area contributed by atoms with Crippen molar-refractivity contribution in [3.63, 3.8) is 0 Å². The Hall–Kier alpha value is -0.0400. The van der Waals surface area contributed by atoms with E-state index in [1.807, 2.05) is 0 Å². The van der Waals surface area contributed by atoms with Crippen LogP contribution in [0.5, 0.6) is 0 Å². The van der Waals surface area contributed by atoms with Crippen molar-refractivity contribution in [1.82, 2.24) is 4.90 Å². The molecule has 1 heteroatoms. The van der Waals surface area contributed by atoms with Gasteiger partial charge in [-0.05, 0) is 46.2 Å². The molecule has 0 aromatic rings. The van der Waals surface area contributed by atoms with E-state index in [-0.39, 0.29) is 0 Å². The summed E-state index contributed by atoms with van der Waals surface area (Å²) in [6.45, 7) is 14.8. The quantitative estimate of drug-likeness (QED) is 0.0571. The first-order valence-corrected chi connectivity index (χ1v) is 24.3. The van der Waals surface area contributed by atoms with Crippen molar-refractivity contribution in [2.45, 2.75) is 303 Å². The SMILES string of the molecule is CCCCCCCCCCCCCCCCCCN(CCCCCCCCCCCCCCCCCC)C(C)(C)CCCCCCCCCC. The fourth-order valence-electron chi connectivity index (χ4n) is 8.27. The van der Waals surface area contributed by atoms with Crippen molar-refractivity contribution in [2.24, 2.45) is 0 Å². The van der Waals surface area contributed by atoms with Crippen molar-refractivity contribution in [3.05, 3.63) is 0 Å². The first-order chi connectivity index (χ1) is 24.6. The van der Waals surface area contributed by atoms with Gasteiger partial charge in [-0.25, -0.2) is 0 Å². The minimum atomic E-state index is 0.368. The van der Waals surface area contributed by atoms with Gasteiger partial charge in [-0.3, -0.25) is 4.90 Å². The molecule has 0 amide bonds. The van der Waals surface area contributed by atoms with E-state index in [0.717, 1.165) is 0 Å². The largest absolute Gasteiger partial charge is 0.298 e. The van der Waals surface area contributed by atoms with Crippen LogP contribution in [0.25, 0.3) is 0 Å². The molecule has 0 aliphatic heterocycles. The lowest BCUT2D eigenvalue weighted by Crippen LogP contribution is -2.45. The number of unbranched alkanes of at least 4 members (excludes halogenated alkanes) is 37. The van der Waals surface area contributed by atoms with Crippen molar-refractivity contribution in [2.75, 3.05) is 13.1 Å². The highest BCUT2D eigenvalue weighted by atomic mass is 15.2. The summed E-state index contributed by atoms with van der Waals surface area (Å²) >= 11 is 0. The lowest BCUT2D eigenvalue weighted by Gasteiger charge is -2.39. The number of rotatable bonds is 44. The second-order valence-electron chi connectivity index (χ2n) is 17.6. The van der Waals surface area contributed by atoms with E-state index >= 15 is 0 Å². The van der Waals surface area contributed by atoms with Crippen molar-refractivity contribution in [3.8, 4) is 0 Å². The predicted molar refractivity (Wildman–Crippen MR) is 232 cm³/mol. The molecule has 0 aliphatic carbocycles.